The second-order valence-corrected chi connectivity index (χ2v) is 3.21. The second kappa shape index (κ2) is 4.78. The standard InChI is InChI=1S/C10H6BrFO/c11-9-4-5-10(12)8(7-9)3-1-2-6-13/h4-7H,2H2. The normalized spacial score (nSPS) is 8.77. The molecule has 1 rings (SSSR count). The molecule has 66 valence electrons. The van der Waals surface area contributed by atoms with E-state index in [1.54, 1.807) is 12.1 Å². The number of carbonyl (C=O) groups excluding carboxylic acids is 1. The Hall–Kier alpha value is -1.14. The van der Waals surface area contributed by atoms with E-state index in [0.717, 1.165) is 4.47 Å². The zero-order valence-corrected chi connectivity index (χ0v) is 8.27. The summed E-state index contributed by atoms with van der Waals surface area (Å²) in [7, 11) is 0. The van der Waals surface area contributed by atoms with Crippen LogP contribution in [0.4, 0.5) is 4.39 Å². The highest BCUT2D eigenvalue weighted by atomic mass is 79.9. The Morgan fingerprint density at radius 2 is 2.31 bits per heavy atom. The van der Waals surface area contributed by atoms with Crippen LogP contribution in [0.3, 0.4) is 0 Å². The highest BCUT2D eigenvalue weighted by molar-refractivity contribution is 9.10. The number of halogens is 2. The lowest BCUT2D eigenvalue weighted by Crippen LogP contribution is -1.82. The Kier molecular flexibility index (Phi) is 3.66. The summed E-state index contributed by atoms with van der Waals surface area (Å²) in [5, 5.41) is 0. The zero-order chi connectivity index (χ0) is 9.68. The van der Waals surface area contributed by atoms with Gasteiger partial charge < -0.3 is 4.79 Å². The number of hydrogen-bond acceptors (Lipinski definition) is 1. The van der Waals surface area contributed by atoms with Gasteiger partial charge in [-0.15, -0.1) is 0 Å². The molecule has 0 N–H and O–H groups in total. The van der Waals surface area contributed by atoms with Gasteiger partial charge in [0.05, 0.1) is 12.0 Å². The van der Waals surface area contributed by atoms with E-state index < -0.39 is 0 Å². The van der Waals surface area contributed by atoms with E-state index in [0.29, 0.717) is 11.8 Å². The molecule has 0 heterocycles. The molecule has 0 fully saturated rings. The molecular formula is C10H6BrFO. The summed E-state index contributed by atoms with van der Waals surface area (Å²) in [6, 6.07) is 4.50. The topological polar surface area (TPSA) is 17.1 Å². The number of benzene rings is 1. The Labute approximate surface area is 84.1 Å². The van der Waals surface area contributed by atoms with E-state index >= 15 is 0 Å². The molecule has 0 saturated carbocycles. The highest BCUT2D eigenvalue weighted by Crippen LogP contribution is 2.14. The largest absolute Gasteiger partial charge is 0.302 e. The van der Waals surface area contributed by atoms with E-state index in [-0.39, 0.29) is 12.2 Å². The SMILES string of the molecule is O=CCC#Cc1cc(Br)ccc1F. The average Bonchev–Trinajstić information content (AvgIpc) is 2.11. The van der Waals surface area contributed by atoms with Crippen molar-refractivity contribution in [2.75, 3.05) is 0 Å². The molecule has 0 atom stereocenters. The number of aldehydes is 1. The molecule has 1 aromatic rings. The molecule has 0 aliphatic heterocycles. The monoisotopic (exact) mass is 240 g/mol. The van der Waals surface area contributed by atoms with Gasteiger partial charge >= 0.3 is 0 Å². The van der Waals surface area contributed by atoms with Gasteiger partial charge in [0.25, 0.3) is 0 Å². The molecular weight excluding hydrogens is 235 g/mol. The maximum Gasteiger partial charge on any atom is 0.138 e. The number of rotatable bonds is 1. The summed E-state index contributed by atoms with van der Waals surface area (Å²) in [5.74, 6) is 4.74. The maximum absolute atomic E-state index is 13.0. The maximum atomic E-state index is 13.0. The van der Waals surface area contributed by atoms with Crippen LogP contribution in [0, 0.1) is 17.7 Å². The van der Waals surface area contributed by atoms with E-state index in [4.69, 9.17) is 0 Å². The van der Waals surface area contributed by atoms with Crippen molar-refractivity contribution in [3.05, 3.63) is 34.1 Å². The number of carbonyl (C=O) groups is 1. The van der Waals surface area contributed by atoms with Gasteiger partial charge in [0.1, 0.15) is 12.1 Å². The van der Waals surface area contributed by atoms with Gasteiger partial charge in [-0.2, -0.15) is 0 Å². The summed E-state index contributed by atoms with van der Waals surface area (Å²) >= 11 is 3.20. The van der Waals surface area contributed by atoms with Gasteiger partial charge in [0.15, 0.2) is 0 Å². The Balaban J connectivity index is 2.95. The first-order chi connectivity index (χ1) is 6.24. The fourth-order valence-corrected chi connectivity index (χ4v) is 1.14. The van der Waals surface area contributed by atoms with Gasteiger partial charge in [-0.3, -0.25) is 0 Å². The van der Waals surface area contributed by atoms with Crippen molar-refractivity contribution in [3.8, 4) is 11.8 Å². The molecule has 0 unspecified atom stereocenters. The van der Waals surface area contributed by atoms with Crippen molar-refractivity contribution in [1.29, 1.82) is 0 Å². The van der Waals surface area contributed by atoms with Crippen molar-refractivity contribution in [1.82, 2.24) is 0 Å². The van der Waals surface area contributed by atoms with Crippen LogP contribution < -0.4 is 0 Å². The Bertz CT molecular complexity index is 376. The third-order valence-electron chi connectivity index (χ3n) is 1.34. The van der Waals surface area contributed by atoms with Crippen molar-refractivity contribution >= 4 is 22.2 Å². The first kappa shape index (κ1) is 9.94. The first-order valence-corrected chi connectivity index (χ1v) is 4.41. The minimum atomic E-state index is -0.374. The van der Waals surface area contributed by atoms with Crippen LogP contribution in [0.2, 0.25) is 0 Å². The van der Waals surface area contributed by atoms with Crippen LogP contribution in [-0.4, -0.2) is 6.29 Å². The Morgan fingerprint density at radius 3 is 3.00 bits per heavy atom. The minimum Gasteiger partial charge on any atom is -0.302 e. The smallest absolute Gasteiger partial charge is 0.138 e. The van der Waals surface area contributed by atoms with Crippen molar-refractivity contribution < 1.29 is 9.18 Å². The summed E-state index contributed by atoms with van der Waals surface area (Å²) in [6.45, 7) is 0. The van der Waals surface area contributed by atoms with Crippen molar-refractivity contribution in [3.63, 3.8) is 0 Å². The fourth-order valence-electron chi connectivity index (χ4n) is 0.781. The van der Waals surface area contributed by atoms with Gasteiger partial charge in [-0.25, -0.2) is 4.39 Å². The van der Waals surface area contributed by atoms with E-state index in [9.17, 15) is 9.18 Å². The van der Waals surface area contributed by atoms with Crippen molar-refractivity contribution in [2.24, 2.45) is 0 Å². The molecule has 3 heteroatoms. The third-order valence-corrected chi connectivity index (χ3v) is 1.83. The average molecular weight is 241 g/mol. The lowest BCUT2D eigenvalue weighted by atomic mass is 10.2. The summed E-state index contributed by atoms with van der Waals surface area (Å²) in [4.78, 5) is 9.94. The second-order valence-electron chi connectivity index (χ2n) is 2.30. The molecule has 0 aromatic heterocycles. The molecule has 0 spiro atoms. The lowest BCUT2D eigenvalue weighted by Gasteiger charge is -1.94. The first-order valence-electron chi connectivity index (χ1n) is 3.61. The summed E-state index contributed by atoms with van der Waals surface area (Å²) in [6.07, 6.45) is 0.814. The van der Waals surface area contributed by atoms with Gasteiger partial charge in [-0.05, 0) is 18.2 Å². The van der Waals surface area contributed by atoms with Crippen LogP contribution in [0.15, 0.2) is 22.7 Å². The number of hydrogen-bond donors (Lipinski definition) is 0. The molecule has 0 bridgehead atoms. The van der Waals surface area contributed by atoms with Crippen LogP contribution in [0.5, 0.6) is 0 Å². The van der Waals surface area contributed by atoms with Crippen LogP contribution in [-0.2, 0) is 4.79 Å². The molecule has 0 radical (unpaired) electrons. The minimum absolute atomic E-state index is 0.131. The highest BCUT2D eigenvalue weighted by Gasteiger charge is 1.97. The van der Waals surface area contributed by atoms with E-state index in [1.807, 2.05) is 0 Å². The Morgan fingerprint density at radius 1 is 1.54 bits per heavy atom. The molecule has 0 aliphatic rings. The predicted octanol–water partition coefficient (Wildman–Crippen LogP) is 2.53. The van der Waals surface area contributed by atoms with Gasteiger partial charge in [0, 0.05) is 4.47 Å². The van der Waals surface area contributed by atoms with E-state index in [2.05, 4.69) is 27.8 Å². The molecule has 0 amide bonds. The molecule has 0 aliphatic carbocycles. The van der Waals surface area contributed by atoms with Crippen LogP contribution in [0.25, 0.3) is 0 Å². The van der Waals surface area contributed by atoms with E-state index in [1.165, 1.54) is 6.07 Å². The fraction of sp³-hybridized carbons (Fsp3) is 0.100. The predicted molar refractivity (Wildman–Crippen MR) is 51.7 cm³/mol. The van der Waals surface area contributed by atoms with Crippen molar-refractivity contribution in [2.45, 2.75) is 6.42 Å². The molecule has 1 aromatic carbocycles. The summed E-state index contributed by atoms with van der Waals surface area (Å²) in [5.41, 5.74) is 0.302. The van der Waals surface area contributed by atoms with Crippen LogP contribution >= 0.6 is 15.9 Å². The van der Waals surface area contributed by atoms with Gasteiger partial charge in [0.2, 0.25) is 0 Å². The molecule has 1 nitrogen and oxygen atoms in total. The zero-order valence-electron chi connectivity index (χ0n) is 6.68. The lowest BCUT2D eigenvalue weighted by molar-refractivity contribution is -0.107. The third kappa shape index (κ3) is 3.00. The quantitative estimate of drug-likeness (QED) is 0.545. The van der Waals surface area contributed by atoms with Gasteiger partial charge in [-0.1, -0.05) is 27.8 Å². The van der Waals surface area contributed by atoms with Crippen LogP contribution in [0.1, 0.15) is 12.0 Å². The molecule has 0 saturated heterocycles. The summed E-state index contributed by atoms with van der Waals surface area (Å²) < 4.78 is 13.8. The molecule has 13 heavy (non-hydrogen) atoms.